The van der Waals surface area contributed by atoms with Gasteiger partial charge in [-0.15, -0.1) is 0 Å². The lowest BCUT2D eigenvalue weighted by Gasteiger charge is -2.29. The number of hydrogen-bond acceptors (Lipinski definition) is 4. The molecule has 2 aliphatic rings. The summed E-state index contributed by atoms with van der Waals surface area (Å²) < 4.78 is 5.59. The van der Waals surface area contributed by atoms with Crippen LogP contribution < -0.4 is 4.74 Å². The predicted molar refractivity (Wildman–Crippen MR) is 93.2 cm³/mol. The number of ether oxygens (including phenoxy) is 1. The van der Waals surface area contributed by atoms with Crippen molar-refractivity contribution in [1.29, 1.82) is 0 Å². The number of fused-ring (bicyclic) bond motifs is 1. The van der Waals surface area contributed by atoms with Crippen molar-refractivity contribution < 1.29 is 9.53 Å². The van der Waals surface area contributed by atoms with Gasteiger partial charge in [0.25, 0.3) is 0 Å². The van der Waals surface area contributed by atoms with Crippen LogP contribution in [0.2, 0.25) is 0 Å². The van der Waals surface area contributed by atoms with Crippen LogP contribution in [0.25, 0.3) is 0 Å². The summed E-state index contributed by atoms with van der Waals surface area (Å²) in [5.74, 6) is 1.97. The van der Waals surface area contributed by atoms with E-state index in [1.165, 1.54) is 30.3 Å². The van der Waals surface area contributed by atoms with Crippen LogP contribution in [0.4, 0.5) is 0 Å². The molecule has 0 atom stereocenters. The Morgan fingerprint density at radius 3 is 3.00 bits per heavy atom. The summed E-state index contributed by atoms with van der Waals surface area (Å²) >= 11 is 0. The molecular weight excluding hydrogens is 316 g/mol. The molecule has 1 N–H and O–H groups in total. The van der Waals surface area contributed by atoms with Crippen molar-refractivity contribution >= 4 is 5.91 Å². The van der Waals surface area contributed by atoms with Crippen LogP contribution in [-0.4, -0.2) is 38.6 Å². The van der Waals surface area contributed by atoms with E-state index in [0.717, 1.165) is 37.4 Å². The minimum atomic E-state index is 0.208. The van der Waals surface area contributed by atoms with E-state index in [4.69, 9.17) is 4.74 Å². The van der Waals surface area contributed by atoms with E-state index in [2.05, 4.69) is 32.2 Å². The molecule has 2 aromatic rings. The van der Waals surface area contributed by atoms with Crippen molar-refractivity contribution in [2.75, 3.05) is 6.61 Å². The molecule has 0 radical (unpaired) electrons. The van der Waals surface area contributed by atoms with Gasteiger partial charge in [-0.1, -0.05) is 25.0 Å². The average molecular weight is 340 g/mol. The Kier molecular flexibility index (Phi) is 4.68. The van der Waals surface area contributed by atoms with Gasteiger partial charge in [0.1, 0.15) is 17.9 Å². The molecule has 1 aromatic carbocycles. The molecule has 1 aromatic heterocycles. The fourth-order valence-corrected chi connectivity index (χ4v) is 3.89. The second-order valence-corrected chi connectivity index (χ2v) is 6.93. The van der Waals surface area contributed by atoms with Crippen molar-refractivity contribution in [3.63, 3.8) is 0 Å². The number of rotatable bonds is 6. The number of carbonyl (C=O) groups is 1. The minimum Gasteiger partial charge on any atom is -0.493 e. The lowest BCUT2D eigenvalue weighted by molar-refractivity contribution is -0.134. The number of nitrogens with one attached hydrogen (secondary N) is 1. The Morgan fingerprint density at radius 2 is 2.20 bits per heavy atom. The van der Waals surface area contributed by atoms with Crippen molar-refractivity contribution in [3.8, 4) is 5.75 Å². The molecule has 4 rings (SSSR count). The largest absolute Gasteiger partial charge is 0.493 e. The van der Waals surface area contributed by atoms with Gasteiger partial charge in [-0.25, -0.2) is 4.98 Å². The van der Waals surface area contributed by atoms with Crippen molar-refractivity contribution in [3.05, 3.63) is 41.5 Å². The van der Waals surface area contributed by atoms with E-state index < -0.39 is 0 Å². The molecule has 1 fully saturated rings. The van der Waals surface area contributed by atoms with Gasteiger partial charge in [-0.05, 0) is 30.0 Å². The molecule has 1 saturated carbocycles. The number of hydrogen-bond donors (Lipinski definition) is 1. The maximum absolute atomic E-state index is 12.9. The lowest BCUT2D eigenvalue weighted by atomic mass is 10.1. The first-order chi connectivity index (χ1) is 12.3. The molecule has 132 valence electrons. The first-order valence-electron chi connectivity index (χ1n) is 9.18. The van der Waals surface area contributed by atoms with Crippen LogP contribution in [0.15, 0.2) is 24.5 Å². The molecule has 2 heterocycles. The van der Waals surface area contributed by atoms with Gasteiger partial charge < -0.3 is 9.64 Å². The van der Waals surface area contributed by atoms with Gasteiger partial charge in [-0.2, -0.15) is 5.10 Å². The number of aromatic nitrogens is 3. The van der Waals surface area contributed by atoms with Crippen LogP contribution in [0.5, 0.6) is 5.75 Å². The van der Waals surface area contributed by atoms with Gasteiger partial charge in [0.05, 0.1) is 6.61 Å². The van der Waals surface area contributed by atoms with Crippen LogP contribution >= 0.6 is 0 Å². The van der Waals surface area contributed by atoms with E-state index >= 15 is 0 Å². The molecule has 1 amide bonds. The average Bonchev–Trinajstić information content (AvgIpc) is 3.39. The van der Waals surface area contributed by atoms with E-state index in [1.54, 1.807) is 0 Å². The molecule has 0 unspecified atom stereocenters. The number of amides is 1. The van der Waals surface area contributed by atoms with E-state index in [9.17, 15) is 4.79 Å². The molecule has 0 saturated heterocycles. The number of aromatic amines is 1. The molecule has 1 aliphatic carbocycles. The highest BCUT2D eigenvalue weighted by atomic mass is 16.5. The van der Waals surface area contributed by atoms with Gasteiger partial charge >= 0.3 is 0 Å². The smallest absolute Gasteiger partial charge is 0.223 e. The second-order valence-electron chi connectivity index (χ2n) is 6.93. The summed E-state index contributed by atoms with van der Waals surface area (Å²) in [6, 6.07) is 6.71. The van der Waals surface area contributed by atoms with E-state index in [1.807, 2.05) is 6.07 Å². The third kappa shape index (κ3) is 3.67. The standard InChI is InChI=1S/C19H24N4O2/c24-19(8-7-18-20-13-21-22-18)23(16-3-1-2-4-16)12-14-5-6-17-15(11-14)9-10-25-17/h5-6,11,13,16H,1-4,7-10,12H2,(H,20,21,22). The van der Waals surface area contributed by atoms with E-state index in [0.29, 0.717) is 25.4 Å². The highest BCUT2D eigenvalue weighted by molar-refractivity contribution is 5.76. The zero-order chi connectivity index (χ0) is 17.1. The third-order valence-electron chi connectivity index (χ3n) is 5.23. The summed E-state index contributed by atoms with van der Waals surface area (Å²) in [7, 11) is 0. The predicted octanol–water partition coefficient (Wildman–Crippen LogP) is 2.64. The van der Waals surface area contributed by atoms with Gasteiger partial charge in [-0.3, -0.25) is 9.89 Å². The Morgan fingerprint density at radius 1 is 1.32 bits per heavy atom. The zero-order valence-corrected chi connectivity index (χ0v) is 14.4. The third-order valence-corrected chi connectivity index (χ3v) is 5.23. The number of carbonyl (C=O) groups excluding carboxylic acids is 1. The Bertz CT molecular complexity index is 723. The monoisotopic (exact) mass is 340 g/mol. The van der Waals surface area contributed by atoms with Crippen LogP contribution in [0.3, 0.4) is 0 Å². The first kappa shape index (κ1) is 16.1. The number of nitrogens with zero attached hydrogens (tertiary/aromatic N) is 3. The zero-order valence-electron chi connectivity index (χ0n) is 14.4. The minimum absolute atomic E-state index is 0.208. The molecule has 0 bridgehead atoms. The van der Waals surface area contributed by atoms with E-state index in [-0.39, 0.29) is 5.91 Å². The number of benzene rings is 1. The summed E-state index contributed by atoms with van der Waals surface area (Å²) in [6.45, 7) is 1.45. The topological polar surface area (TPSA) is 71.1 Å². The molecule has 6 nitrogen and oxygen atoms in total. The molecule has 6 heteroatoms. The first-order valence-corrected chi connectivity index (χ1v) is 9.18. The molecular formula is C19H24N4O2. The maximum Gasteiger partial charge on any atom is 0.223 e. The van der Waals surface area contributed by atoms with Gasteiger partial charge in [0.2, 0.25) is 5.91 Å². The highest BCUT2D eigenvalue weighted by Gasteiger charge is 2.27. The van der Waals surface area contributed by atoms with Crippen LogP contribution in [0.1, 0.15) is 49.1 Å². The number of H-pyrrole nitrogens is 1. The van der Waals surface area contributed by atoms with Crippen LogP contribution in [-0.2, 0) is 24.2 Å². The van der Waals surface area contributed by atoms with Crippen LogP contribution in [0, 0.1) is 0 Å². The Balaban J connectivity index is 1.46. The van der Waals surface area contributed by atoms with Crippen molar-refractivity contribution in [2.24, 2.45) is 0 Å². The maximum atomic E-state index is 12.9. The summed E-state index contributed by atoms with van der Waals surface area (Å²) in [6.07, 6.45) is 8.19. The van der Waals surface area contributed by atoms with Crippen molar-refractivity contribution in [1.82, 2.24) is 20.1 Å². The summed E-state index contributed by atoms with van der Waals surface area (Å²) in [5.41, 5.74) is 2.46. The van der Waals surface area contributed by atoms with Gasteiger partial charge in [0.15, 0.2) is 0 Å². The summed E-state index contributed by atoms with van der Waals surface area (Å²) in [4.78, 5) is 19.1. The lowest BCUT2D eigenvalue weighted by Crippen LogP contribution is -2.38. The SMILES string of the molecule is O=C(CCc1ncn[nH]1)N(Cc1ccc2c(c1)CCO2)C1CCCC1. The normalized spacial score (nSPS) is 16.6. The Hall–Kier alpha value is -2.37. The fourth-order valence-electron chi connectivity index (χ4n) is 3.89. The fraction of sp³-hybridized carbons (Fsp3) is 0.526. The molecule has 1 aliphatic heterocycles. The molecule has 25 heavy (non-hydrogen) atoms. The highest BCUT2D eigenvalue weighted by Crippen LogP contribution is 2.29. The summed E-state index contributed by atoms with van der Waals surface area (Å²) in [5, 5.41) is 6.68. The number of aryl methyl sites for hydroxylation is 1. The second kappa shape index (κ2) is 7.25. The Labute approximate surface area is 147 Å². The molecule has 0 spiro atoms. The van der Waals surface area contributed by atoms with Gasteiger partial charge in [0, 0.05) is 31.8 Å². The quantitative estimate of drug-likeness (QED) is 0.877. The van der Waals surface area contributed by atoms with Crippen molar-refractivity contribution in [2.45, 2.75) is 57.5 Å².